The number of hydroxylamine groups is 2. The smallest absolute Gasteiger partial charge is 0.242 e. The zero-order valence-electron chi connectivity index (χ0n) is 19.2. The standard InChI is InChI=1S/C23H44N4O4/c24-16-12-11-15-21-23(30)25-17-13-9-7-5-3-1-2-4-6-8-10-14-20(22(29)26-21)18-27(31)19-28/h19-21,31H,1-18,24H2,(H,25,30)(H,26,29)/t20-,21+/m1/s1. The summed E-state index contributed by atoms with van der Waals surface area (Å²) in [6.45, 7) is 1.09. The Hall–Kier alpha value is -1.67. The number of nitrogens with zero attached hydrogens (tertiary/aromatic N) is 1. The molecule has 180 valence electrons. The van der Waals surface area contributed by atoms with Crippen LogP contribution in [0.3, 0.4) is 0 Å². The Morgan fingerprint density at radius 1 is 0.903 bits per heavy atom. The van der Waals surface area contributed by atoms with E-state index in [1.807, 2.05) is 0 Å². The molecule has 5 N–H and O–H groups in total. The minimum absolute atomic E-state index is 0.0630. The van der Waals surface area contributed by atoms with E-state index in [9.17, 15) is 19.6 Å². The van der Waals surface area contributed by atoms with Crippen LogP contribution in [-0.4, -0.2) is 54.2 Å². The highest BCUT2D eigenvalue weighted by Crippen LogP contribution is 2.16. The predicted octanol–water partition coefficient (Wildman–Crippen LogP) is 2.88. The number of rotatable bonds is 7. The van der Waals surface area contributed by atoms with Crippen molar-refractivity contribution >= 4 is 18.2 Å². The molecular weight excluding hydrogens is 396 g/mol. The first-order chi connectivity index (χ1) is 15.1. The van der Waals surface area contributed by atoms with Crippen molar-refractivity contribution in [1.29, 1.82) is 0 Å². The van der Waals surface area contributed by atoms with Gasteiger partial charge in [0.2, 0.25) is 18.2 Å². The third-order valence-corrected chi connectivity index (χ3v) is 6.01. The van der Waals surface area contributed by atoms with Gasteiger partial charge in [-0.15, -0.1) is 0 Å². The zero-order chi connectivity index (χ0) is 22.7. The van der Waals surface area contributed by atoms with E-state index in [1.165, 1.54) is 38.5 Å². The van der Waals surface area contributed by atoms with Gasteiger partial charge in [-0.25, -0.2) is 5.06 Å². The van der Waals surface area contributed by atoms with Crippen molar-refractivity contribution in [1.82, 2.24) is 15.7 Å². The maximum absolute atomic E-state index is 12.9. The molecule has 0 aromatic carbocycles. The van der Waals surface area contributed by atoms with E-state index < -0.39 is 12.0 Å². The van der Waals surface area contributed by atoms with E-state index in [1.54, 1.807) is 0 Å². The molecule has 0 bridgehead atoms. The van der Waals surface area contributed by atoms with Crippen LogP contribution in [0.1, 0.15) is 96.3 Å². The Kier molecular flexibility index (Phi) is 15.8. The van der Waals surface area contributed by atoms with Crippen LogP contribution >= 0.6 is 0 Å². The summed E-state index contributed by atoms with van der Waals surface area (Å²) >= 11 is 0. The van der Waals surface area contributed by atoms with Crippen LogP contribution in [0.25, 0.3) is 0 Å². The number of carbonyl (C=O) groups is 3. The molecule has 3 amide bonds. The van der Waals surface area contributed by atoms with Crippen molar-refractivity contribution in [3.63, 3.8) is 0 Å². The molecule has 0 unspecified atom stereocenters. The van der Waals surface area contributed by atoms with E-state index in [0.717, 1.165) is 44.9 Å². The Labute approximate surface area is 187 Å². The quantitative estimate of drug-likeness (QED) is 0.210. The lowest BCUT2D eigenvalue weighted by Gasteiger charge is -2.24. The first kappa shape index (κ1) is 27.4. The van der Waals surface area contributed by atoms with Gasteiger partial charge in [0.1, 0.15) is 6.04 Å². The fourth-order valence-corrected chi connectivity index (χ4v) is 4.07. The third kappa shape index (κ3) is 13.4. The third-order valence-electron chi connectivity index (χ3n) is 6.01. The number of nitrogens with two attached hydrogens (primary N) is 1. The van der Waals surface area contributed by atoms with E-state index in [0.29, 0.717) is 37.4 Å². The topological polar surface area (TPSA) is 125 Å². The number of hydrogen-bond acceptors (Lipinski definition) is 5. The summed E-state index contributed by atoms with van der Waals surface area (Å²) in [5.74, 6) is -0.993. The molecule has 2 atom stereocenters. The highest BCUT2D eigenvalue weighted by molar-refractivity contribution is 5.88. The molecule has 8 nitrogen and oxygen atoms in total. The van der Waals surface area contributed by atoms with Gasteiger partial charge in [0, 0.05) is 6.54 Å². The molecule has 1 heterocycles. The molecule has 1 fully saturated rings. The number of unbranched alkanes of at least 4 members (excludes halogenated alkanes) is 1. The molecule has 1 aliphatic rings. The van der Waals surface area contributed by atoms with Crippen molar-refractivity contribution in [2.75, 3.05) is 19.6 Å². The Morgan fingerprint density at radius 3 is 2.06 bits per heavy atom. The molecule has 1 aliphatic heterocycles. The van der Waals surface area contributed by atoms with Crippen molar-refractivity contribution in [2.45, 2.75) is 102 Å². The highest BCUT2D eigenvalue weighted by Gasteiger charge is 2.26. The molecule has 8 heteroatoms. The van der Waals surface area contributed by atoms with E-state index in [2.05, 4.69) is 10.6 Å². The molecule has 1 rings (SSSR count). The second kappa shape index (κ2) is 18.0. The molecule has 1 saturated heterocycles. The Balaban J connectivity index is 2.77. The maximum Gasteiger partial charge on any atom is 0.242 e. The van der Waals surface area contributed by atoms with Gasteiger partial charge in [0.15, 0.2) is 0 Å². The summed E-state index contributed by atoms with van der Waals surface area (Å²) in [7, 11) is 0. The molecule has 31 heavy (non-hydrogen) atoms. The first-order valence-electron chi connectivity index (χ1n) is 12.3. The summed E-state index contributed by atoms with van der Waals surface area (Å²) in [6, 6.07) is -0.619. The van der Waals surface area contributed by atoms with Crippen LogP contribution in [0.4, 0.5) is 0 Å². The largest absolute Gasteiger partial charge is 0.354 e. The van der Waals surface area contributed by atoms with E-state index >= 15 is 0 Å². The fraction of sp³-hybridized carbons (Fsp3) is 0.870. The summed E-state index contributed by atoms with van der Waals surface area (Å²) < 4.78 is 0. The van der Waals surface area contributed by atoms with Crippen LogP contribution in [0.2, 0.25) is 0 Å². The average molecular weight is 441 g/mol. The summed E-state index contributed by atoms with van der Waals surface area (Å²) in [5.41, 5.74) is 5.58. The number of nitrogens with one attached hydrogen (secondary N) is 2. The molecule has 0 aromatic heterocycles. The van der Waals surface area contributed by atoms with Gasteiger partial charge in [-0.1, -0.05) is 64.2 Å². The van der Waals surface area contributed by atoms with Crippen LogP contribution < -0.4 is 16.4 Å². The van der Waals surface area contributed by atoms with Gasteiger partial charge in [-0.3, -0.25) is 19.6 Å². The number of hydrogen-bond donors (Lipinski definition) is 4. The number of carbonyl (C=O) groups excluding carboxylic acids is 3. The molecule has 0 aromatic rings. The Bertz CT molecular complexity index is 504. The molecule has 0 saturated carbocycles. The normalized spacial score (nSPS) is 23.5. The van der Waals surface area contributed by atoms with Gasteiger partial charge in [-0.2, -0.15) is 0 Å². The van der Waals surface area contributed by atoms with Crippen LogP contribution in [0, 0.1) is 5.92 Å². The lowest BCUT2D eigenvalue weighted by molar-refractivity contribution is -0.155. The average Bonchev–Trinajstić information content (AvgIpc) is 2.76. The number of amides is 3. The lowest BCUT2D eigenvalue weighted by Crippen LogP contribution is -2.50. The second-order valence-corrected chi connectivity index (χ2v) is 8.74. The minimum atomic E-state index is -0.619. The maximum atomic E-state index is 12.9. The molecule has 0 spiro atoms. The second-order valence-electron chi connectivity index (χ2n) is 8.74. The van der Waals surface area contributed by atoms with E-state index in [-0.39, 0.29) is 18.4 Å². The minimum Gasteiger partial charge on any atom is -0.354 e. The molecule has 0 aliphatic carbocycles. The van der Waals surface area contributed by atoms with Gasteiger partial charge in [0.05, 0.1) is 12.5 Å². The monoisotopic (exact) mass is 440 g/mol. The van der Waals surface area contributed by atoms with Crippen LogP contribution in [0.15, 0.2) is 0 Å². The Morgan fingerprint density at radius 2 is 1.48 bits per heavy atom. The van der Waals surface area contributed by atoms with Gasteiger partial charge in [-0.05, 0) is 38.6 Å². The zero-order valence-corrected chi connectivity index (χ0v) is 19.2. The lowest BCUT2D eigenvalue weighted by atomic mass is 9.98. The summed E-state index contributed by atoms with van der Waals surface area (Å²) in [6.07, 6.45) is 15.5. The molecular formula is C23H44N4O4. The first-order valence-corrected chi connectivity index (χ1v) is 12.3. The summed E-state index contributed by atoms with van der Waals surface area (Å²) in [5, 5.41) is 16.0. The SMILES string of the molecule is NCCCC[C@@H]1NC(=O)[C@@H](CN(O)C=O)CCCCCCCCCCCCCNC1=O. The highest BCUT2D eigenvalue weighted by atomic mass is 16.5. The molecule has 0 radical (unpaired) electrons. The van der Waals surface area contributed by atoms with Crippen molar-refractivity contribution in [2.24, 2.45) is 11.7 Å². The van der Waals surface area contributed by atoms with Gasteiger partial charge in [0.25, 0.3) is 0 Å². The van der Waals surface area contributed by atoms with Crippen molar-refractivity contribution < 1.29 is 19.6 Å². The van der Waals surface area contributed by atoms with Crippen LogP contribution in [0.5, 0.6) is 0 Å². The predicted molar refractivity (Wildman–Crippen MR) is 121 cm³/mol. The van der Waals surface area contributed by atoms with Crippen molar-refractivity contribution in [3.8, 4) is 0 Å². The van der Waals surface area contributed by atoms with Crippen molar-refractivity contribution in [3.05, 3.63) is 0 Å². The van der Waals surface area contributed by atoms with E-state index in [4.69, 9.17) is 5.73 Å². The fourth-order valence-electron chi connectivity index (χ4n) is 4.07. The van der Waals surface area contributed by atoms with Crippen LogP contribution in [-0.2, 0) is 14.4 Å². The van der Waals surface area contributed by atoms with Gasteiger partial charge >= 0.3 is 0 Å². The van der Waals surface area contributed by atoms with Gasteiger partial charge < -0.3 is 16.4 Å². The summed E-state index contributed by atoms with van der Waals surface area (Å²) in [4.78, 5) is 36.5.